The minimum atomic E-state index is -0.913. The molecule has 0 saturated carbocycles. The quantitative estimate of drug-likeness (QED) is 0.610. The Morgan fingerprint density at radius 3 is 2.46 bits per heavy atom. The molecule has 2 saturated heterocycles. The SMILES string of the molecule is C[C@@H]1C[C@@](C)(O)c2ncnc(N3CCN(C(=O)[C@@H](c4ccc(Br)cc4)[C@@H]4CCC(C)(C)N4)CC3)c21. The number of fused-ring (bicyclic) bond motifs is 1. The Hall–Kier alpha value is -2.03. The average Bonchev–Trinajstić information content (AvgIpc) is 3.30. The molecule has 7 nitrogen and oxygen atoms in total. The lowest BCUT2D eigenvalue weighted by molar-refractivity contribution is -0.133. The summed E-state index contributed by atoms with van der Waals surface area (Å²) in [6.07, 6.45) is 4.28. The van der Waals surface area contributed by atoms with E-state index in [2.05, 4.69) is 69.0 Å². The molecule has 5 rings (SSSR count). The van der Waals surface area contributed by atoms with Gasteiger partial charge in [-0.2, -0.15) is 0 Å². The first-order chi connectivity index (χ1) is 16.6. The van der Waals surface area contributed by atoms with Gasteiger partial charge in [-0.25, -0.2) is 9.97 Å². The van der Waals surface area contributed by atoms with E-state index in [1.165, 1.54) is 0 Å². The van der Waals surface area contributed by atoms with Gasteiger partial charge in [-0.05, 0) is 63.6 Å². The lowest BCUT2D eigenvalue weighted by Gasteiger charge is -2.39. The molecule has 1 amide bonds. The molecule has 0 bridgehead atoms. The molecule has 0 radical (unpaired) electrons. The second kappa shape index (κ2) is 9.12. The van der Waals surface area contributed by atoms with Crippen LogP contribution in [-0.2, 0) is 10.4 Å². The summed E-state index contributed by atoms with van der Waals surface area (Å²) < 4.78 is 1.02. The molecule has 2 aromatic rings. The standard InChI is InChI=1S/C27H36BrN5O2/c1-17-15-27(4,35)23-21(17)24(30-16-29-23)32-11-13-33(14-12-32)25(34)22(18-5-7-19(28)8-6-18)20-9-10-26(2,3)31-20/h5-8,16-17,20,22,31,35H,9-15H2,1-4H3/t17-,20+,22+,27-/m1/s1. The summed E-state index contributed by atoms with van der Waals surface area (Å²) in [5, 5.41) is 14.5. The number of aromatic nitrogens is 2. The van der Waals surface area contributed by atoms with Crippen molar-refractivity contribution in [1.29, 1.82) is 0 Å². The molecule has 1 aliphatic carbocycles. The second-order valence-electron chi connectivity index (χ2n) is 11.4. The maximum Gasteiger partial charge on any atom is 0.231 e. The zero-order valence-electron chi connectivity index (χ0n) is 21.1. The van der Waals surface area contributed by atoms with Gasteiger partial charge in [-0.1, -0.05) is 35.0 Å². The van der Waals surface area contributed by atoms with E-state index >= 15 is 0 Å². The van der Waals surface area contributed by atoms with Gasteiger partial charge in [0.15, 0.2) is 0 Å². The third kappa shape index (κ3) is 4.72. The van der Waals surface area contributed by atoms with Crippen molar-refractivity contribution in [2.45, 2.75) is 76.0 Å². The normalized spacial score (nSPS) is 28.7. The van der Waals surface area contributed by atoms with Gasteiger partial charge in [0.25, 0.3) is 0 Å². The van der Waals surface area contributed by atoms with Gasteiger partial charge in [0.2, 0.25) is 5.91 Å². The number of carbonyl (C=O) groups excluding carboxylic acids is 1. The highest BCUT2D eigenvalue weighted by molar-refractivity contribution is 9.10. The van der Waals surface area contributed by atoms with Crippen LogP contribution in [0.3, 0.4) is 0 Å². The molecule has 4 atom stereocenters. The van der Waals surface area contributed by atoms with E-state index in [1.807, 2.05) is 24.0 Å². The van der Waals surface area contributed by atoms with E-state index in [1.54, 1.807) is 6.33 Å². The number of amides is 1. The third-order valence-electron chi connectivity index (χ3n) is 8.01. The molecule has 3 aliphatic rings. The molecule has 3 heterocycles. The van der Waals surface area contributed by atoms with Crippen molar-refractivity contribution in [2.75, 3.05) is 31.1 Å². The molecule has 0 unspecified atom stereocenters. The average molecular weight is 543 g/mol. The second-order valence-corrected chi connectivity index (χ2v) is 12.3. The Bertz CT molecular complexity index is 1100. The smallest absolute Gasteiger partial charge is 0.231 e. The van der Waals surface area contributed by atoms with Gasteiger partial charge in [0.1, 0.15) is 17.7 Å². The van der Waals surface area contributed by atoms with Gasteiger partial charge in [0.05, 0.1) is 11.6 Å². The van der Waals surface area contributed by atoms with E-state index in [0.29, 0.717) is 19.5 Å². The van der Waals surface area contributed by atoms with Crippen LogP contribution >= 0.6 is 15.9 Å². The first-order valence-corrected chi connectivity index (χ1v) is 13.5. The third-order valence-corrected chi connectivity index (χ3v) is 8.54. The van der Waals surface area contributed by atoms with Crippen LogP contribution in [0.25, 0.3) is 0 Å². The molecule has 0 spiro atoms. The Morgan fingerprint density at radius 2 is 1.83 bits per heavy atom. The summed E-state index contributed by atoms with van der Waals surface area (Å²) in [5.41, 5.74) is 2.01. The monoisotopic (exact) mass is 541 g/mol. The number of aliphatic hydroxyl groups is 1. The highest BCUT2D eigenvalue weighted by Crippen LogP contribution is 2.46. The topological polar surface area (TPSA) is 81.6 Å². The summed E-state index contributed by atoms with van der Waals surface area (Å²) in [6.45, 7) is 11.2. The maximum atomic E-state index is 13.9. The van der Waals surface area contributed by atoms with E-state index < -0.39 is 5.60 Å². The van der Waals surface area contributed by atoms with Crippen LogP contribution in [0.4, 0.5) is 5.82 Å². The van der Waals surface area contributed by atoms with Crippen molar-refractivity contribution in [2.24, 2.45) is 0 Å². The molecule has 35 heavy (non-hydrogen) atoms. The fourth-order valence-electron chi connectivity index (χ4n) is 6.28. The largest absolute Gasteiger partial charge is 0.384 e. The van der Waals surface area contributed by atoms with Gasteiger partial charge in [-0.3, -0.25) is 4.79 Å². The van der Waals surface area contributed by atoms with Crippen molar-refractivity contribution in [3.8, 4) is 0 Å². The van der Waals surface area contributed by atoms with Gasteiger partial charge in [0, 0.05) is 47.8 Å². The van der Waals surface area contributed by atoms with Crippen LogP contribution < -0.4 is 10.2 Å². The van der Waals surface area contributed by atoms with Crippen molar-refractivity contribution >= 4 is 27.7 Å². The molecular formula is C27H36BrN5O2. The lowest BCUT2D eigenvalue weighted by Crippen LogP contribution is -2.53. The maximum absolute atomic E-state index is 13.9. The number of carbonyl (C=O) groups is 1. The number of hydrogen-bond donors (Lipinski definition) is 2. The van der Waals surface area contributed by atoms with Crippen LogP contribution in [0.1, 0.15) is 75.6 Å². The Balaban J connectivity index is 1.34. The molecule has 2 N–H and O–H groups in total. The van der Waals surface area contributed by atoms with E-state index in [-0.39, 0.29) is 29.3 Å². The molecule has 8 heteroatoms. The number of nitrogens with zero attached hydrogens (tertiary/aromatic N) is 4. The van der Waals surface area contributed by atoms with Crippen LogP contribution in [-0.4, -0.2) is 63.6 Å². The minimum Gasteiger partial charge on any atom is -0.384 e. The zero-order valence-corrected chi connectivity index (χ0v) is 22.7. The predicted octanol–water partition coefficient (Wildman–Crippen LogP) is 3.92. The minimum absolute atomic E-state index is 0.0442. The molecule has 1 aromatic carbocycles. The van der Waals surface area contributed by atoms with Crippen molar-refractivity contribution < 1.29 is 9.90 Å². The highest BCUT2D eigenvalue weighted by Gasteiger charge is 2.43. The summed E-state index contributed by atoms with van der Waals surface area (Å²) >= 11 is 3.53. The Labute approximate surface area is 216 Å². The van der Waals surface area contributed by atoms with Crippen molar-refractivity contribution in [3.05, 3.63) is 51.9 Å². The molecule has 1 aromatic heterocycles. The zero-order chi connectivity index (χ0) is 25.0. The summed E-state index contributed by atoms with van der Waals surface area (Å²) in [5.74, 6) is 1.12. The van der Waals surface area contributed by atoms with Gasteiger partial charge in [-0.15, -0.1) is 0 Å². The number of nitrogens with one attached hydrogen (secondary N) is 1. The number of rotatable bonds is 4. The van der Waals surface area contributed by atoms with E-state index in [4.69, 9.17) is 0 Å². The summed E-state index contributed by atoms with van der Waals surface area (Å²) in [7, 11) is 0. The molecular weight excluding hydrogens is 506 g/mol. The highest BCUT2D eigenvalue weighted by atomic mass is 79.9. The number of anilines is 1. The molecule has 2 fully saturated rings. The number of benzene rings is 1. The van der Waals surface area contributed by atoms with Crippen LogP contribution in [0.5, 0.6) is 0 Å². The van der Waals surface area contributed by atoms with Crippen LogP contribution in [0, 0.1) is 0 Å². The van der Waals surface area contributed by atoms with E-state index in [0.717, 1.165) is 53.0 Å². The predicted molar refractivity (Wildman–Crippen MR) is 141 cm³/mol. The summed E-state index contributed by atoms with van der Waals surface area (Å²) in [6, 6.07) is 8.34. The number of piperazine rings is 1. The van der Waals surface area contributed by atoms with Gasteiger partial charge >= 0.3 is 0 Å². The van der Waals surface area contributed by atoms with Crippen molar-refractivity contribution in [3.63, 3.8) is 0 Å². The summed E-state index contributed by atoms with van der Waals surface area (Å²) in [4.78, 5) is 27.3. The fourth-order valence-corrected chi connectivity index (χ4v) is 6.55. The Morgan fingerprint density at radius 1 is 1.14 bits per heavy atom. The fraction of sp³-hybridized carbons (Fsp3) is 0.593. The first-order valence-electron chi connectivity index (χ1n) is 12.7. The van der Waals surface area contributed by atoms with Crippen LogP contribution in [0.15, 0.2) is 35.1 Å². The van der Waals surface area contributed by atoms with Crippen LogP contribution in [0.2, 0.25) is 0 Å². The first kappa shape index (κ1) is 24.7. The number of hydrogen-bond acceptors (Lipinski definition) is 6. The molecule has 2 aliphatic heterocycles. The Kier molecular flexibility index (Phi) is 6.43. The number of halogens is 1. The van der Waals surface area contributed by atoms with E-state index in [9.17, 15) is 9.90 Å². The van der Waals surface area contributed by atoms with Gasteiger partial charge < -0.3 is 20.2 Å². The molecule has 188 valence electrons. The van der Waals surface area contributed by atoms with Crippen molar-refractivity contribution in [1.82, 2.24) is 20.2 Å². The lowest BCUT2D eigenvalue weighted by atomic mass is 9.89.